The first kappa shape index (κ1) is 20.8. The molecular formula is C17H9BrClI2NO2S2. The minimum absolute atomic E-state index is 0.172. The minimum atomic E-state index is -0.172. The van der Waals surface area contributed by atoms with E-state index >= 15 is 0 Å². The Morgan fingerprint density at radius 2 is 2.04 bits per heavy atom. The number of carbonyl (C=O) groups excluding carboxylic acids is 1. The number of amides is 1. The minimum Gasteiger partial charge on any atom is -0.495 e. The van der Waals surface area contributed by atoms with Gasteiger partial charge in [-0.1, -0.05) is 35.6 Å². The van der Waals surface area contributed by atoms with Crippen molar-refractivity contribution in [3.63, 3.8) is 0 Å². The summed E-state index contributed by atoms with van der Waals surface area (Å²) in [6.45, 7) is 0. The molecule has 0 radical (unpaired) electrons. The van der Waals surface area contributed by atoms with Gasteiger partial charge in [0, 0.05) is 13.6 Å². The van der Waals surface area contributed by atoms with E-state index in [-0.39, 0.29) is 5.91 Å². The van der Waals surface area contributed by atoms with Crippen LogP contribution in [0.4, 0.5) is 5.69 Å². The van der Waals surface area contributed by atoms with Crippen molar-refractivity contribution in [2.45, 2.75) is 0 Å². The predicted octanol–water partition coefficient (Wildman–Crippen LogP) is 6.73. The molecule has 1 heterocycles. The molecule has 0 N–H and O–H groups in total. The van der Waals surface area contributed by atoms with Crippen molar-refractivity contribution >= 4 is 119 Å². The maximum Gasteiger partial charge on any atom is 0.270 e. The lowest BCUT2D eigenvalue weighted by atomic mass is 10.2. The van der Waals surface area contributed by atoms with Gasteiger partial charge < -0.3 is 4.74 Å². The molecular weight excluding hydrogens is 683 g/mol. The third-order valence-electron chi connectivity index (χ3n) is 3.48. The zero-order valence-corrected chi connectivity index (χ0v) is 21.3. The van der Waals surface area contributed by atoms with Crippen LogP contribution < -0.4 is 9.64 Å². The highest BCUT2D eigenvalue weighted by Crippen LogP contribution is 2.39. The summed E-state index contributed by atoms with van der Waals surface area (Å²) in [6.07, 6.45) is 1.82. The summed E-state index contributed by atoms with van der Waals surface area (Å²) < 4.78 is 8.78. The lowest BCUT2D eigenvalue weighted by Gasteiger charge is -2.15. The molecule has 134 valence electrons. The summed E-state index contributed by atoms with van der Waals surface area (Å²) in [5.41, 5.74) is 1.49. The number of anilines is 1. The smallest absolute Gasteiger partial charge is 0.270 e. The van der Waals surface area contributed by atoms with Gasteiger partial charge in [0.05, 0.1) is 26.3 Å². The van der Waals surface area contributed by atoms with E-state index in [0.29, 0.717) is 19.9 Å². The number of methoxy groups -OCH3 is 1. The Hall–Kier alpha value is 0.120. The molecule has 2 aromatic rings. The van der Waals surface area contributed by atoms with Crippen LogP contribution in [0.25, 0.3) is 6.08 Å². The average molecular weight is 693 g/mol. The highest BCUT2D eigenvalue weighted by molar-refractivity contribution is 14.1. The van der Waals surface area contributed by atoms with Gasteiger partial charge in [-0.05, 0) is 97.5 Å². The van der Waals surface area contributed by atoms with Gasteiger partial charge in [-0.2, -0.15) is 0 Å². The van der Waals surface area contributed by atoms with Crippen molar-refractivity contribution < 1.29 is 9.53 Å². The molecule has 2 aromatic carbocycles. The predicted molar refractivity (Wildman–Crippen MR) is 133 cm³/mol. The van der Waals surface area contributed by atoms with E-state index in [4.69, 9.17) is 28.6 Å². The molecule has 0 bridgehead atoms. The number of benzene rings is 2. The number of thioether (sulfide) groups is 1. The fraction of sp³-hybridized carbons (Fsp3) is 0.0588. The Labute approximate surface area is 201 Å². The van der Waals surface area contributed by atoms with Crippen LogP contribution in [0.5, 0.6) is 5.75 Å². The summed E-state index contributed by atoms with van der Waals surface area (Å²) in [7, 11) is 1.62. The third-order valence-corrected chi connectivity index (χ3v) is 7.44. The van der Waals surface area contributed by atoms with Crippen LogP contribution in [0.15, 0.2) is 39.7 Å². The molecule has 0 atom stereocenters. The first-order chi connectivity index (χ1) is 12.3. The number of nitrogens with zero attached hydrogens (tertiary/aromatic N) is 1. The number of hydrogen-bond acceptors (Lipinski definition) is 4. The molecule has 9 heteroatoms. The fourth-order valence-electron chi connectivity index (χ4n) is 2.36. The van der Waals surface area contributed by atoms with Crippen LogP contribution in [-0.2, 0) is 4.79 Å². The molecule has 3 nitrogen and oxygen atoms in total. The molecule has 0 saturated carbocycles. The SMILES string of the molecule is COc1c(I)cc(I)cc1/C=C1/SC(=S)N(c2ccc(Br)c(Cl)c2)C1=O. The highest BCUT2D eigenvalue weighted by atomic mass is 127. The van der Waals surface area contributed by atoms with E-state index in [1.54, 1.807) is 25.3 Å². The van der Waals surface area contributed by atoms with Crippen LogP contribution in [0.3, 0.4) is 0 Å². The van der Waals surface area contributed by atoms with Crippen LogP contribution in [0, 0.1) is 7.14 Å². The zero-order valence-electron chi connectivity index (χ0n) is 13.1. The van der Waals surface area contributed by atoms with Crippen molar-refractivity contribution in [2.24, 2.45) is 0 Å². The average Bonchev–Trinajstić information content (AvgIpc) is 2.84. The van der Waals surface area contributed by atoms with E-state index in [1.807, 2.05) is 18.2 Å². The zero-order chi connectivity index (χ0) is 19.0. The van der Waals surface area contributed by atoms with Gasteiger partial charge >= 0.3 is 0 Å². The van der Waals surface area contributed by atoms with Gasteiger partial charge in [0.25, 0.3) is 5.91 Å². The Balaban J connectivity index is 2.01. The number of ether oxygens (including phenoxy) is 1. The Bertz CT molecular complexity index is 968. The Morgan fingerprint density at radius 1 is 1.31 bits per heavy atom. The third kappa shape index (κ3) is 4.24. The highest BCUT2D eigenvalue weighted by Gasteiger charge is 2.33. The van der Waals surface area contributed by atoms with Crippen molar-refractivity contribution in [2.75, 3.05) is 12.0 Å². The van der Waals surface area contributed by atoms with Crippen molar-refractivity contribution in [3.05, 3.63) is 57.4 Å². The van der Waals surface area contributed by atoms with Crippen molar-refractivity contribution in [1.82, 2.24) is 0 Å². The number of thiocarbonyl (C=S) groups is 1. The summed E-state index contributed by atoms with van der Waals surface area (Å²) in [6, 6.07) is 9.31. The van der Waals surface area contributed by atoms with Crippen molar-refractivity contribution in [1.29, 1.82) is 0 Å². The molecule has 1 aliphatic heterocycles. The second-order valence-electron chi connectivity index (χ2n) is 5.13. The topological polar surface area (TPSA) is 29.5 Å². The van der Waals surface area contributed by atoms with Gasteiger partial charge in [0.2, 0.25) is 0 Å². The van der Waals surface area contributed by atoms with Gasteiger partial charge in [0.1, 0.15) is 5.75 Å². The summed E-state index contributed by atoms with van der Waals surface area (Å²) >= 11 is 20.7. The molecule has 0 aromatic heterocycles. The lowest BCUT2D eigenvalue weighted by molar-refractivity contribution is -0.113. The maximum absolute atomic E-state index is 12.9. The summed E-state index contributed by atoms with van der Waals surface area (Å²) in [4.78, 5) is 15.0. The van der Waals surface area contributed by atoms with Crippen LogP contribution in [0.1, 0.15) is 5.56 Å². The van der Waals surface area contributed by atoms with E-state index in [2.05, 4.69) is 61.1 Å². The standard InChI is InChI=1S/C17H9BrClI2NO2S2/c1-24-15-8(4-9(20)6-13(15)21)5-14-16(23)22(17(25)26-14)10-2-3-11(18)12(19)7-10/h2-7H,1H3/b14-5+. The van der Waals surface area contributed by atoms with Crippen molar-refractivity contribution in [3.8, 4) is 5.75 Å². The van der Waals surface area contributed by atoms with Crippen LogP contribution in [0.2, 0.25) is 5.02 Å². The summed E-state index contributed by atoms with van der Waals surface area (Å²) in [5, 5.41) is 0.523. The first-order valence-corrected chi connectivity index (χ1v) is 11.6. The van der Waals surface area contributed by atoms with E-state index in [0.717, 1.165) is 22.9 Å². The molecule has 1 amide bonds. The number of hydrogen-bond donors (Lipinski definition) is 0. The number of rotatable bonds is 3. The second kappa shape index (κ2) is 8.64. The lowest BCUT2D eigenvalue weighted by Crippen LogP contribution is -2.27. The molecule has 0 spiro atoms. The molecule has 1 saturated heterocycles. The summed E-state index contributed by atoms with van der Waals surface area (Å²) in [5.74, 6) is 0.567. The Morgan fingerprint density at radius 3 is 2.69 bits per heavy atom. The monoisotopic (exact) mass is 691 g/mol. The molecule has 1 aliphatic rings. The Kier molecular flexibility index (Phi) is 6.93. The van der Waals surface area contributed by atoms with Gasteiger partial charge in [0.15, 0.2) is 4.32 Å². The number of carbonyl (C=O) groups is 1. The molecule has 3 rings (SSSR count). The van der Waals surface area contributed by atoms with Gasteiger partial charge in [-0.3, -0.25) is 9.69 Å². The fourth-order valence-corrected chi connectivity index (χ4v) is 6.18. The molecule has 1 fully saturated rings. The number of halogens is 4. The van der Waals surface area contributed by atoms with Crippen LogP contribution in [-0.4, -0.2) is 17.3 Å². The first-order valence-electron chi connectivity index (χ1n) is 7.08. The molecule has 0 unspecified atom stereocenters. The second-order valence-corrected chi connectivity index (χ2v) is 10.5. The van der Waals surface area contributed by atoms with E-state index < -0.39 is 0 Å². The molecule has 0 aliphatic carbocycles. The quantitative estimate of drug-likeness (QED) is 0.203. The van der Waals surface area contributed by atoms with E-state index in [1.165, 1.54) is 16.7 Å². The maximum atomic E-state index is 12.9. The van der Waals surface area contributed by atoms with Gasteiger partial charge in [-0.15, -0.1) is 0 Å². The normalized spacial score (nSPS) is 15.9. The van der Waals surface area contributed by atoms with Gasteiger partial charge in [-0.25, -0.2) is 0 Å². The molecule has 26 heavy (non-hydrogen) atoms. The largest absolute Gasteiger partial charge is 0.495 e. The van der Waals surface area contributed by atoms with E-state index in [9.17, 15) is 4.79 Å². The van der Waals surface area contributed by atoms with Crippen LogP contribution >= 0.6 is 96.7 Å².